The second kappa shape index (κ2) is 6.24. The average Bonchev–Trinajstić information content (AvgIpc) is 2.86. The summed E-state index contributed by atoms with van der Waals surface area (Å²) in [4.78, 5) is 14.7. The normalized spacial score (nSPS) is 23.6. The summed E-state index contributed by atoms with van der Waals surface area (Å²) in [7, 11) is 0. The fourth-order valence-electron chi connectivity index (χ4n) is 3.05. The smallest absolute Gasteiger partial charge is 0.270 e. The molecule has 2 atom stereocenters. The predicted molar refractivity (Wildman–Crippen MR) is 77.0 cm³/mol. The molecule has 1 aliphatic heterocycles. The van der Waals surface area contributed by atoms with E-state index < -0.39 is 0 Å². The molecule has 0 radical (unpaired) electrons. The third-order valence-corrected chi connectivity index (χ3v) is 4.13. The number of carbonyl (C=O) groups is 1. The predicted octanol–water partition coefficient (Wildman–Crippen LogP) is 2.10. The van der Waals surface area contributed by atoms with Crippen molar-refractivity contribution in [1.82, 2.24) is 9.47 Å². The third kappa shape index (κ3) is 2.84. The topological polar surface area (TPSA) is 51.3 Å². The number of amides is 1. The lowest BCUT2D eigenvalue weighted by atomic mass is 9.90. The first-order valence-corrected chi connectivity index (χ1v) is 7.35. The van der Waals surface area contributed by atoms with E-state index in [0.717, 1.165) is 31.6 Å². The Balaban J connectivity index is 2.19. The monoisotopic (exact) mass is 263 g/mol. The van der Waals surface area contributed by atoms with Crippen molar-refractivity contribution in [3.8, 4) is 0 Å². The van der Waals surface area contributed by atoms with Crippen molar-refractivity contribution in [2.24, 2.45) is 11.7 Å². The third-order valence-electron chi connectivity index (χ3n) is 4.13. The molecule has 0 aliphatic carbocycles. The van der Waals surface area contributed by atoms with Crippen LogP contribution in [-0.4, -0.2) is 34.5 Å². The van der Waals surface area contributed by atoms with Crippen molar-refractivity contribution >= 4 is 5.91 Å². The minimum absolute atomic E-state index is 0.139. The molecule has 1 amide bonds. The average molecular weight is 263 g/mol. The molecule has 2 rings (SSSR count). The number of likely N-dealkylation sites (tertiary alicyclic amines) is 1. The lowest BCUT2D eigenvalue weighted by Crippen LogP contribution is -2.51. The molecule has 2 unspecified atom stereocenters. The molecular formula is C15H25N3O. The van der Waals surface area contributed by atoms with Gasteiger partial charge in [-0.1, -0.05) is 13.8 Å². The molecule has 1 saturated heterocycles. The highest BCUT2D eigenvalue weighted by atomic mass is 16.2. The van der Waals surface area contributed by atoms with Crippen molar-refractivity contribution in [2.45, 2.75) is 45.7 Å². The largest absolute Gasteiger partial charge is 0.344 e. The van der Waals surface area contributed by atoms with Crippen molar-refractivity contribution in [3.05, 3.63) is 24.0 Å². The van der Waals surface area contributed by atoms with E-state index in [1.807, 2.05) is 23.2 Å². The number of rotatable bonds is 4. The first-order chi connectivity index (χ1) is 9.19. The van der Waals surface area contributed by atoms with E-state index >= 15 is 0 Å². The molecule has 1 aromatic heterocycles. The van der Waals surface area contributed by atoms with Crippen LogP contribution in [0.2, 0.25) is 0 Å². The Morgan fingerprint density at radius 2 is 2.32 bits per heavy atom. The van der Waals surface area contributed by atoms with Gasteiger partial charge in [-0.2, -0.15) is 0 Å². The van der Waals surface area contributed by atoms with Crippen LogP contribution in [0.5, 0.6) is 0 Å². The highest BCUT2D eigenvalue weighted by Crippen LogP contribution is 2.24. The zero-order chi connectivity index (χ0) is 13.8. The quantitative estimate of drug-likeness (QED) is 0.904. The van der Waals surface area contributed by atoms with Gasteiger partial charge in [-0.25, -0.2) is 0 Å². The van der Waals surface area contributed by atoms with E-state index in [2.05, 4.69) is 18.4 Å². The van der Waals surface area contributed by atoms with Crippen molar-refractivity contribution in [1.29, 1.82) is 0 Å². The Labute approximate surface area is 115 Å². The van der Waals surface area contributed by atoms with Gasteiger partial charge in [0.1, 0.15) is 5.69 Å². The van der Waals surface area contributed by atoms with Gasteiger partial charge >= 0.3 is 0 Å². The zero-order valence-electron chi connectivity index (χ0n) is 12.0. The summed E-state index contributed by atoms with van der Waals surface area (Å²) in [6, 6.07) is 4.06. The van der Waals surface area contributed by atoms with Crippen molar-refractivity contribution in [3.63, 3.8) is 0 Å². The van der Waals surface area contributed by atoms with Crippen LogP contribution >= 0.6 is 0 Å². The minimum Gasteiger partial charge on any atom is -0.344 e. The summed E-state index contributed by atoms with van der Waals surface area (Å²) in [6.07, 6.45) is 5.27. The summed E-state index contributed by atoms with van der Waals surface area (Å²) in [5.74, 6) is 0.637. The Kier molecular flexibility index (Phi) is 4.64. The molecule has 2 N–H and O–H groups in total. The molecule has 4 nitrogen and oxygen atoms in total. The second-order valence-corrected chi connectivity index (χ2v) is 5.51. The van der Waals surface area contributed by atoms with E-state index in [0.29, 0.717) is 12.5 Å². The number of hydrogen-bond acceptors (Lipinski definition) is 2. The molecule has 0 bridgehead atoms. The van der Waals surface area contributed by atoms with Crippen LogP contribution in [0.4, 0.5) is 0 Å². The van der Waals surface area contributed by atoms with Crippen LogP contribution in [-0.2, 0) is 6.54 Å². The molecule has 2 heterocycles. The molecule has 1 fully saturated rings. The number of hydrogen-bond donors (Lipinski definition) is 1. The van der Waals surface area contributed by atoms with Gasteiger partial charge in [-0.15, -0.1) is 0 Å². The Morgan fingerprint density at radius 3 is 3.00 bits per heavy atom. The number of aromatic nitrogens is 1. The van der Waals surface area contributed by atoms with E-state index in [9.17, 15) is 4.79 Å². The van der Waals surface area contributed by atoms with E-state index in [-0.39, 0.29) is 11.9 Å². The molecule has 1 aromatic rings. The second-order valence-electron chi connectivity index (χ2n) is 5.51. The Bertz CT molecular complexity index is 427. The van der Waals surface area contributed by atoms with Gasteiger partial charge in [0, 0.05) is 31.9 Å². The Morgan fingerprint density at radius 1 is 1.53 bits per heavy atom. The van der Waals surface area contributed by atoms with Gasteiger partial charge in [-0.05, 0) is 37.3 Å². The lowest BCUT2D eigenvalue weighted by molar-refractivity contribution is 0.0521. The van der Waals surface area contributed by atoms with E-state index in [1.165, 1.54) is 6.42 Å². The van der Waals surface area contributed by atoms with Crippen molar-refractivity contribution < 1.29 is 4.79 Å². The summed E-state index contributed by atoms with van der Waals surface area (Å²) in [6.45, 7) is 6.61. The first kappa shape index (κ1) is 14.1. The molecule has 0 saturated carbocycles. The Hall–Kier alpha value is -1.29. The van der Waals surface area contributed by atoms with Crippen LogP contribution in [0.15, 0.2) is 18.3 Å². The van der Waals surface area contributed by atoms with Gasteiger partial charge in [0.05, 0.1) is 0 Å². The maximum Gasteiger partial charge on any atom is 0.270 e. The first-order valence-electron chi connectivity index (χ1n) is 7.35. The molecule has 19 heavy (non-hydrogen) atoms. The zero-order valence-corrected chi connectivity index (χ0v) is 12.0. The number of nitrogens with two attached hydrogens (primary N) is 1. The maximum absolute atomic E-state index is 12.7. The summed E-state index contributed by atoms with van der Waals surface area (Å²) in [5, 5.41) is 0. The fraction of sp³-hybridized carbons (Fsp3) is 0.667. The van der Waals surface area contributed by atoms with Crippen LogP contribution in [0.3, 0.4) is 0 Å². The van der Waals surface area contributed by atoms with Gasteiger partial charge < -0.3 is 15.2 Å². The summed E-state index contributed by atoms with van der Waals surface area (Å²) < 4.78 is 2.05. The van der Waals surface area contributed by atoms with Crippen molar-refractivity contribution in [2.75, 3.05) is 13.1 Å². The molecule has 4 heteroatoms. The van der Waals surface area contributed by atoms with Crippen LogP contribution in [0.1, 0.15) is 43.6 Å². The van der Waals surface area contributed by atoms with Crippen LogP contribution in [0, 0.1) is 5.92 Å². The summed E-state index contributed by atoms with van der Waals surface area (Å²) >= 11 is 0. The summed E-state index contributed by atoms with van der Waals surface area (Å²) in [5.41, 5.74) is 6.67. The van der Waals surface area contributed by atoms with E-state index in [1.54, 1.807) is 0 Å². The minimum atomic E-state index is 0.139. The number of nitrogens with zero attached hydrogens (tertiary/aromatic N) is 2. The molecular weight excluding hydrogens is 238 g/mol. The highest BCUT2D eigenvalue weighted by molar-refractivity contribution is 5.93. The molecule has 106 valence electrons. The number of aryl methyl sites for hydroxylation is 1. The van der Waals surface area contributed by atoms with Gasteiger partial charge in [0.2, 0.25) is 0 Å². The van der Waals surface area contributed by atoms with Crippen LogP contribution in [0.25, 0.3) is 0 Å². The molecule has 1 aliphatic rings. The molecule has 0 aromatic carbocycles. The number of piperidine rings is 1. The highest BCUT2D eigenvalue weighted by Gasteiger charge is 2.32. The fourth-order valence-corrected chi connectivity index (χ4v) is 3.05. The standard InChI is InChI=1S/C15H25N3O/c1-3-8-17-9-5-7-13(17)15(19)18-10-4-6-12(2)14(18)11-16/h5,7,9,12,14H,3-4,6,8,10-11,16H2,1-2H3. The maximum atomic E-state index is 12.7. The lowest BCUT2D eigenvalue weighted by Gasteiger charge is -2.39. The SMILES string of the molecule is CCCn1cccc1C(=O)N1CCCC(C)C1CN. The van der Waals surface area contributed by atoms with Gasteiger partial charge in [0.25, 0.3) is 5.91 Å². The number of carbonyl (C=O) groups excluding carboxylic acids is 1. The van der Waals surface area contributed by atoms with Gasteiger partial charge in [-0.3, -0.25) is 4.79 Å². The van der Waals surface area contributed by atoms with Gasteiger partial charge in [0.15, 0.2) is 0 Å². The van der Waals surface area contributed by atoms with E-state index in [4.69, 9.17) is 5.73 Å². The molecule has 0 spiro atoms. The van der Waals surface area contributed by atoms with Crippen LogP contribution < -0.4 is 5.73 Å².